The van der Waals surface area contributed by atoms with Crippen molar-refractivity contribution in [3.63, 3.8) is 0 Å². The summed E-state index contributed by atoms with van der Waals surface area (Å²) in [7, 11) is 0. The average Bonchev–Trinajstić information content (AvgIpc) is 2.83. The van der Waals surface area contributed by atoms with E-state index in [4.69, 9.17) is 0 Å². The van der Waals surface area contributed by atoms with Crippen LogP contribution < -0.4 is 0 Å². The number of β-lactam (4-membered cyclic amide) rings is 1. The van der Waals surface area contributed by atoms with Gasteiger partial charge in [0.25, 0.3) is 5.91 Å². The number of aliphatic carboxylic acids is 1. The van der Waals surface area contributed by atoms with Crippen LogP contribution in [0.3, 0.4) is 0 Å². The van der Waals surface area contributed by atoms with Crippen LogP contribution in [0.2, 0.25) is 0 Å². The second-order valence-corrected chi connectivity index (χ2v) is 6.02. The molecule has 0 unspecified atom stereocenters. The minimum Gasteiger partial charge on any atom is -0.477 e. The minimum absolute atomic E-state index is 0.0121. The van der Waals surface area contributed by atoms with Gasteiger partial charge in [-0.2, -0.15) is 0 Å². The van der Waals surface area contributed by atoms with Crippen LogP contribution in [-0.2, 0) is 9.59 Å². The molecule has 3 rings (SSSR count). The third-order valence-electron chi connectivity index (χ3n) is 3.63. The molecule has 1 atom stereocenters. The molecule has 3 heterocycles. The SMILES string of the molecule is C/C(CO)=C1\C(=O)N2C(C(=O)O)=C(Sc3ncccn3)C[C@H]12. The molecule has 22 heavy (non-hydrogen) atoms. The zero-order valence-electron chi connectivity index (χ0n) is 11.7. The molecule has 0 saturated carbocycles. The molecule has 1 saturated heterocycles. The Bertz CT molecular complexity index is 714. The summed E-state index contributed by atoms with van der Waals surface area (Å²) in [6, 6.07) is 1.37. The predicted octanol–water partition coefficient (Wildman–Crippen LogP) is 0.788. The smallest absolute Gasteiger partial charge is 0.353 e. The Balaban J connectivity index is 1.94. The number of carbonyl (C=O) groups excluding carboxylic acids is 1. The standard InChI is InChI=1S/C14H13N3O4S/c1-7(6-18)10-8-5-9(22-14-15-3-2-4-16-14)11(13(20)21)17(8)12(10)19/h2-4,8,18H,5-6H2,1H3,(H,20,21)/b10-7+/t8-/m1/s1. The summed E-state index contributed by atoms with van der Waals surface area (Å²) < 4.78 is 0. The highest BCUT2D eigenvalue weighted by molar-refractivity contribution is 8.03. The summed E-state index contributed by atoms with van der Waals surface area (Å²) >= 11 is 1.16. The number of hydrogen-bond acceptors (Lipinski definition) is 6. The normalized spacial score (nSPS) is 22.5. The van der Waals surface area contributed by atoms with Gasteiger partial charge < -0.3 is 10.2 Å². The van der Waals surface area contributed by atoms with E-state index in [0.717, 1.165) is 11.8 Å². The van der Waals surface area contributed by atoms with E-state index >= 15 is 0 Å². The number of amides is 1. The van der Waals surface area contributed by atoms with Crippen LogP contribution >= 0.6 is 11.8 Å². The molecule has 2 N–H and O–H groups in total. The molecule has 0 bridgehead atoms. The molecule has 2 aliphatic rings. The topological polar surface area (TPSA) is 104 Å². The van der Waals surface area contributed by atoms with Crippen molar-refractivity contribution in [2.45, 2.75) is 24.5 Å². The van der Waals surface area contributed by atoms with Crippen LogP contribution in [-0.4, -0.2) is 49.6 Å². The van der Waals surface area contributed by atoms with Crippen LogP contribution in [0.15, 0.2) is 45.4 Å². The van der Waals surface area contributed by atoms with Crippen LogP contribution in [0.4, 0.5) is 0 Å². The maximum Gasteiger partial charge on any atom is 0.353 e. The third kappa shape index (κ3) is 2.20. The van der Waals surface area contributed by atoms with Gasteiger partial charge in [0.05, 0.1) is 12.6 Å². The van der Waals surface area contributed by atoms with E-state index in [1.54, 1.807) is 25.4 Å². The van der Waals surface area contributed by atoms with Crippen molar-refractivity contribution in [1.29, 1.82) is 0 Å². The van der Waals surface area contributed by atoms with Crippen molar-refractivity contribution >= 4 is 23.6 Å². The predicted molar refractivity (Wildman–Crippen MR) is 77.6 cm³/mol. The van der Waals surface area contributed by atoms with Gasteiger partial charge in [-0.25, -0.2) is 14.8 Å². The van der Waals surface area contributed by atoms with Gasteiger partial charge in [-0.1, -0.05) is 11.8 Å². The van der Waals surface area contributed by atoms with E-state index in [2.05, 4.69) is 9.97 Å². The molecule has 0 aromatic carbocycles. The summed E-state index contributed by atoms with van der Waals surface area (Å²) in [4.78, 5) is 33.7. The fourth-order valence-electron chi connectivity index (χ4n) is 2.65. The Labute approximate surface area is 130 Å². The second kappa shape index (κ2) is 5.54. The minimum atomic E-state index is -1.14. The number of carboxylic acid groups (broad SMARTS) is 1. The van der Waals surface area contributed by atoms with Gasteiger partial charge in [0.1, 0.15) is 5.70 Å². The van der Waals surface area contributed by atoms with Gasteiger partial charge in [0, 0.05) is 29.3 Å². The lowest BCUT2D eigenvalue weighted by Crippen LogP contribution is -2.53. The number of thioether (sulfide) groups is 1. The van der Waals surface area contributed by atoms with E-state index in [1.807, 2.05) is 0 Å². The van der Waals surface area contributed by atoms with E-state index in [0.29, 0.717) is 27.6 Å². The van der Waals surface area contributed by atoms with Gasteiger partial charge in [-0.15, -0.1) is 0 Å². The molecule has 0 radical (unpaired) electrons. The molecule has 1 aromatic heterocycles. The largest absolute Gasteiger partial charge is 0.477 e. The number of aromatic nitrogens is 2. The second-order valence-electron chi connectivity index (χ2n) is 4.96. The fraction of sp³-hybridized carbons (Fsp3) is 0.286. The molecule has 114 valence electrons. The molecule has 1 amide bonds. The zero-order valence-corrected chi connectivity index (χ0v) is 12.5. The third-order valence-corrected chi connectivity index (χ3v) is 4.63. The van der Waals surface area contributed by atoms with Crippen molar-refractivity contribution in [2.24, 2.45) is 0 Å². The maximum absolute atomic E-state index is 12.2. The van der Waals surface area contributed by atoms with Crippen LogP contribution in [0.25, 0.3) is 0 Å². The highest BCUT2D eigenvalue weighted by Crippen LogP contribution is 2.47. The van der Waals surface area contributed by atoms with Crippen molar-refractivity contribution in [3.8, 4) is 0 Å². The molecular weight excluding hydrogens is 306 g/mol. The summed E-state index contributed by atoms with van der Waals surface area (Å²) in [5.41, 5.74) is 1.07. The van der Waals surface area contributed by atoms with Crippen LogP contribution in [0.1, 0.15) is 13.3 Å². The monoisotopic (exact) mass is 319 g/mol. The summed E-state index contributed by atoms with van der Waals surface area (Å²) in [5, 5.41) is 19.1. The molecule has 1 fully saturated rings. The first-order chi connectivity index (χ1) is 10.5. The van der Waals surface area contributed by atoms with Crippen LogP contribution in [0.5, 0.6) is 0 Å². The van der Waals surface area contributed by atoms with Gasteiger partial charge in [0.2, 0.25) is 0 Å². The summed E-state index contributed by atoms with van der Waals surface area (Å²) in [6.07, 6.45) is 3.56. The first-order valence-electron chi connectivity index (χ1n) is 6.60. The number of nitrogens with zero attached hydrogens (tertiary/aromatic N) is 3. The lowest BCUT2D eigenvalue weighted by molar-refractivity contribution is -0.142. The first kappa shape index (κ1) is 14.7. The highest BCUT2D eigenvalue weighted by Gasteiger charge is 2.52. The van der Waals surface area contributed by atoms with Gasteiger partial charge in [-0.3, -0.25) is 9.69 Å². The fourth-order valence-corrected chi connectivity index (χ4v) is 3.62. The lowest BCUT2D eigenvalue weighted by atomic mass is 9.90. The van der Waals surface area contributed by atoms with Gasteiger partial charge in [-0.05, 0) is 18.6 Å². The van der Waals surface area contributed by atoms with E-state index in [1.165, 1.54) is 4.90 Å². The molecule has 0 spiro atoms. The summed E-state index contributed by atoms with van der Waals surface area (Å²) in [5.74, 6) is -1.49. The van der Waals surface area contributed by atoms with Crippen molar-refractivity contribution in [3.05, 3.63) is 40.2 Å². The van der Waals surface area contributed by atoms with Crippen molar-refractivity contribution in [2.75, 3.05) is 6.61 Å². The molecule has 7 nitrogen and oxygen atoms in total. The number of carboxylic acids is 1. The number of rotatable bonds is 4. The Morgan fingerprint density at radius 3 is 2.73 bits per heavy atom. The number of aliphatic hydroxyl groups is 1. The highest BCUT2D eigenvalue weighted by atomic mass is 32.2. The average molecular weight is 319 g/mol. The lowest BCUT2D eigenvalue weighted by Gasteiger charge is -2.39. The number of carbonyl (C=O) groups is 2. The quantitative estimate of drug-likeness (QED) is 0.480. The van der Waals surface area contributed by atoms with Crippen molar-refractivity contribution < 1.29 is 19.8 Å². The molecule has 8 heteroatoms. The number of aliphatic hydroxyl groups excluding tert-OH is 1. The molecule has 2 aliphatic heterocycles. The number of hydrogen-bond donors (Lipinski definition) is 2. The maximum atomic E-state index is 12.2. The summed E-state index contributed by atoms with van der Waals surface area (Å²) in [6.45, 7) is 1.47. The Kier molecular flexibility index (Phi) is 3.71. The van der Waals surface area contributed by atoms with E-state index in [-0.39, 0.29) is 24.3 Å². The molecular formula is C14H13N3O4S. The Morgan fingerprint density at radius 1 is 1.45 bits per heavy atom. The van der Waals surface area contributed by atoms with E-state index in [9.17, 15) is 19.8 Å². The molecule has 0 aliphatic carbocycles. The molecule has 1 aromatic rings. The number of fused-ring (bicyclic) bond motifs is 1. The van der Waals surface area contributed by atoms with Crippen molar-refractivity contribution in [1.82, 2.24) is 14.9 Å². The van der Waals surface area contributed by atoms with Crippen LogP contribution in [0, 0.1) is 0 Å². The van der Waals surface area contributed by atoms with E-state index < -0.39 is 5.97 Å². The first-order valence-corrected chi connectivity index (χ1v) is 7.41. The Hall–Kier alpha value is -2.19. The van der Waals surface area contributed by atoms with Gasteiger partial charge in [0.15, 0.2) is 5.16 Å². The zero-order chi connectivity index (χ0) is 15.9. The Morgan fingerprint density at radius 2 is 2.14 bits per heavy atom. The van der Waals surface area contributed by atoms with Gasteiger partial charge >= 0.3 is 5.97 Å².